The summed E-state index contributed by atoms with van der Waals surface area (Å²) >= 11 is 0. The maximum absolute atomic E-state index is 14.4. The number of rotatable bonds is 2. The lowest BCUT2D eigenvalue weighted by Crippen LogP contribution is -2.04. The van der Waals surface area contributed by atoms with E-state index in [0.29, 0.717) is 27.5 Å². The zero-order chi connectivity index (χ0) is 17.7. The summed E-state index contributed by atoms with van der Waals surface area (Å²) in [6.07, 6.45) is 3.16. The van der Waals surface area contributed by atoms with Gasteiger partial charge in [-0.15, -0.1) is 0 Å². The molecule has 2 heterocycles. The first-order valence-corrected chi connectivity index (χ1v) is 7.64. The second kappa shape index (κ2) is 5.31. The first-order valence-electron chi connectivity index (χ1n) is 7.64. The predicted octanol–water partition coefficient (Wildman–Crippen LogP) is 3.68. The second-order valence-electron chi connectivity index (χ2n) is 5.98. The van der Waals surface area contributed by atoms with Gasteiger partial charge in [-0.1, -0.05) is 0 Å². The second-order valence-corrected chi connectivity index (χ2v) is 5.98. The van der Waals surface area contributed by atoms with Crippen LogP contribution in [0.3, 0.4) is 0 Å². The number of nitrogens with one attached hydrogen (secondary N) is 1. The van der Waals surface area contributed by atoms with Crippen LogP contribution in [0.4, 0.5) is 10.1 Å². The Morgan fingerprint density at radius 3 is 2.80 bits per heavy atom. The molecular formula is C19H14FN3O2. The summed E-state index contributed by atoms with van der Waals surface area (Å²) in [5.74, 6) is -0.872. The maximum Gasteiger partial charge on any atom is 0.209 e. The number of H-pyrrole nitrogens is 1. The fourth-order valence-corrected chi connectivity index (χ4v) is 3.11. The number of nitrogens with two attached hydrogens (primary N) is 1. The van der Waals surface area contributed by atoms with E-state index < -0.39 is 5.82 Å². The zero-order valence-corrected chi connectivity index (χ0v) is 13.3. The van der Waals surface area contributed by atoms with E-state index in [1.807, 2.05) is 0 Å². The number of aromatic amines is 1. The number of aryl methyl sites for hydroxylation is 1. The summed E-state index contributed by atoms with van der Waals surface area (Å²) in [5.41, 5.74) is 7.96. The van der Waals surface area contributed by atoms with Gasteiger partial charge in [-0.05, 0) is 36.8 Å². The molecule has 0 aliphatic rings. The Morgan fingerprint density at radius 2 is 2.04 bits per heavy atom. The first kappa shape index (κ1) is 15.1. The van der Waals surface area contributed by atoms with Crippen molar-refractivity contribution < 1.29 is 14.3 Å². The van der Waals surface area contributed by atoms with Crippen molar-refractivity contribution in [2.45, 2.75) is 6.92 Å². The molecule has 25 heavy (non-hydrogen) atoms. The van der Waals surface area contributed by atoms with E-state index >= 15 is 0 Å². The van der Waals surface area contributed by atoms with Gasteiger partial charge < -0.3 is 15.8 Å². The number of carbonyl (C=O) groups is 1. The van der Waals surface area contributed by atoms with E-state index in [4.69, 9.17) is 5.73 Å². The molecule has 0 bridgehead atoms. The highest BCUT2D eigenvalue weighted by molar-refractivity contribution is 6.16. The number of nitrogen functional groups attached to an aromatic ring is 1. The zero-order valence-electron chi connectivity index (χ0n) is 13.3. The van der Waals surface area contributed by atoms with Gasteiger partial charge in [0.1, 0.15) is 11.6 Å². The van der Waals surface area contributed by atoms with Crippen molar-refractivity contribution >= 4 is 33.1 Å². The van der Waals surface area contributed by atoms with E-state index in [1.165, 1.54) is 18.2 Å². The smallest absolute Gasteiger partial charge is 0.209 e. The molecule has 4 rings (SSSR count). The van der Waals surface area contributed by atoms with Gasteiger partial charge >= 0.3 is 0 Å². The van der Waals surface area contributed by atoms with Gasteiger partial charge in [0, 0.05) is 51.4 Å². The van der Waals surface area contributed by atoms with Crippen LogP contribution in [0.2, 0.25) is 0 Å². The van der Waals surface area contributed by atoms with Crippen LogP contribution in [0.15, 0.2) is 42.7 Å². The van der Waals surface area contributed by atoms with Crippen molar-refractivity contribution in [2.24, 2.45) is 0 Å². The lowest BCUT2D eigenvalue weighted by molar-refractivity contribution is 0.103. The number of aromatic nitrogens is 2. The molecule has 0 atom stereocenters. The molecule has 124 valence electrons. The fraction of sp³-hybridized carbons (Fsp3) is 0.0526. The van der Waals surface area contributed by atoms with Crippen LogP contribution in [0, 0.1) is 12.7 Å². The predicted molar refractivity (Wildman–Crippen MR) is 94.2 cm³/mol. The highest BCUT2D eigenvalue weighted by atomic mass is 19.1. The number of benzene rings is 2. The summed E-state index contributed by atoms with van der Waals surface area (Å²) < 4.78 is 14.4. The molecule has 0 saturated heterocycles. The van der Waals surface area contributed by atoms with Crippen LogP contribution in [-0.4, -0.2) is 20.9 Å². The Kier molecular flexibility index (Phi) is 3.21. The molecule has 0 aliphatic heterocycles. The Hall–Kier alpha value is -3.41. The standard InChI is InChI=1S/C19H14FN3O2/c1-9-8-22-3-2-11(9)19(25)16-6-13-15(23-16)7-14(20)12-4-10(21)5-17(24)18(12)13/h2-8,23-24H,21H2,1H3. The number of aromatic hydroxyl groups is 1. The van der Waals surface area contributed by atoms with Gasteiger partial charge in [0.05, 0.1) is 5.69 Å². The van der Waals surface area contributed by atoms with E-state index in [1.54, 1.807) is 31.5 Å². The molecule has 2 aromatic carbocycles. The average Bonchev–Trinajstić information content (AvgIpc) is 2.98. The number of anilines is 1. The molecule has 0 unspecified atom stereocenters. The highest BCUT2D eigenvalue weighted by Gasteiger charge is 2.18. The van der Waals surface area contributed by atoms with Crippen LogP contribution < -0.4 is 5.73 Å². The maximum atomic E-state index is 14.4. The van der Waals surface area contributed by atoms with E-state index in [-0.39, 0.29) is 22.6 Å². The number of hydrogen-bond acceptors (Lipinski definition) is 4. The van der Waals surface area contributed by atoms with Crippen molar-refractivity contribution in [3.05, 3.63) is 65.4 Å². The molecular weight excluding hydrogens is 321 g/mol. The van der Waals surface area contributed by atoms with Crippen molar-refractivity contribution in [2.75, 3.05) is 5.73 Å². The summed E-state index contributed by atoms with van der Waals surface area (Å²) in [5, 5.41) is 11.3. The van der Waals surface area contributed by atoms with E-state index in [0.717, 1.165) is 5.56 Å². The van der Waals surface area contributed by atoms with Crippen LogP contribution in [0.1, 0.15) is 21.6 Å². The Bertz CT molecular complexity index is 1160. The minimum Gasteiger partial charge on any atom is -0.507 e. The van der Waals surface area contributed by atoms with E-state index in [9.17, 15) is 14.3 Å². The number of ketones is 1. The molecule has 4 N–H and O–H groups in total. The Balaban J connectivity index is 1.99. The van der Waals surface area contributed by atoms with Crippen LogP contribution >= 0.6 is 0 Å². The molecule has 4 aromatic rings. The lowest BCUT2D eigenvalue weighted by Gasteiger charge is -2.05. The Labute approximate surface area is 141 Å². The normalized spacial score (nSPS) is 11.3. The van der Waals surface area contributed by atoms with Crippen molar-refractivity contribution in [1.29, 1.82) is 0 Å². The largest absolute Gasteiger partial charge is 0.507 e. The molecule has 0 aliphatic carbocycles. The summed E-state index contributed by atoms with van der Waals surface area (Å²) in [6, 6.07) is 7.38. The van der Waals surface area contributed by atoms with E-state index in [2.05, 4.69) is 9.97 Å². The van der Waals surface area contributed by atoms with Crippen molar-refractivity contribution in [1.82, 2.24) is 9.97 Å². The number of carbonyl (C=O) groups excluding carboxylic acids is 1. The van der Waals surface area contributed by atoms with Gasteiger partial charge in [-0.3, -0.25) is 9.78 Å². The Morgan fingerprint density at radius 1 is 1.24 bits per heavy atom. The topological polar surface area (TPSA) is 92.0 Å². The number of pyridine rings is 1. The van der Waals surface area contributed by atoms with Gasteiger partial charge in [0.2, 0.25) is 5.78 Å². The number of hydrogen-bond donors (Lipinski definition) is 3. The fourth-order valence-electron chi connectivity index (χ4n) is 3.11. The molecule has 2 aromatic heterocycles. The minimum atomic E-state index is -0.522. The average molecular weight is 335 g/mol. The number of phenols is 1. The van der Waals surface area contributed by atoms with Crippen molar-refractivity contribution in [3.63, 3.8) is 0 Å². The lowest BCUT2D eigenvalue weighted by atomic mass is 10.0. The molecule has 0 radical (unpaired) electrons. The molecule has 0 fully saturated rings. The molecule has 0 amide bonds. The molecule has 5 nitrogen and oxygen atoms in total. The molecule has 0 saturated carbocycles. The highest BCUT2D eigenvalue weighted by Crippen LogP contribution is 2.36. The number of phenolic OH excluding ortho intramolecular Hbond substituents is 1. The summed E-state index contributed by atoms with van der Waals surface area (Å²) in [4.78, 5) is 19.7. The molecule has 0 spiro atoms. The van der Waals surface area contributed by atoms with Gasteiger partial charge in [0.25, 0.3) is 0 Å². The molecule has 6 heteroatoms. The van der Waals surface area contributed by atoms with Crippen LogP contribution in [0.5, 0.6) is 5.75 Å². The number of halogens is 1. The number of fused-ring (bicyclic) bond motifs is 3. The van der Waals surface area contributed by atoms with Gasteiger partial charge in [-0.25, -0.2) is 4.39 Å². The third-order valence-corrected chi connectivity index (χ3v) is 4.30. The van der Waals surface area contributed by atoms with Crippen LogP contribution in [0.25, 0.3) is 21.7 Å². The number of nitrogens with zero attached hydrogens (tertiary/aromatic N) is 1. The monoisotopic (exact) mass is 335 g/mol. The summed E-state index contributed by atoms with van der Waals surface area (Å²) in [7, 11) is 0. The SMILES string of the molecule is Cc1cnccc1C(=O)c1cc2c(cc(F)c3cc(N)cc(O)c32)[nH]1. The summed E-state index contributed by atoms with van der Waals surface area (Å²) in [6.45, 7) is 1.80. The van der Waals surface area contributed by atoms with Gasteiger partial charge in [-0.2, -0.15) is 0 Å². The van der Waals surface area contributed by atoms with Crippen LogP contribution in [-0.2, 0) is 0 Å². The minimum absolute atomic E-state index is 0.127. The van der Waals surface area contributed by atoms with Gasteiger partial charge in [0.15, 0.2) is 0 Å². The quantitative estimate of drug-likeness (QED) is 0.385. The van der Waals surface area contributed by atoms with Crippen molar-refractivity contribution in [3.8, 4) is 5.75 Å². The third kappa shape index (κ3) is 2.30. The third-order valence-electron chi connectivity index (χ3n) is 4.30. The first-order chi connectivity index (χ1) is 12.0.